The van der Waals surface area contributed by atoms with Gasteiger partial charge < -0.3 is 5.32 Å². The second-order valence-corrected chi connectivity index (χ2v) is 4.94. The number of nitrogens with zero attached hydrogens (tertiary/aromatic N) is 2. The van der Waals surface area contributed by atoms with Gasteiger partial charge in [-0.3, -0.25) is 9.88 Å². The molecule has 1 aliphatic carbocycles. The maximum Gasteiger partial charge on any atom is 0.141 e. The number of pyridine rings is 1. The van der Waals surface area contributed by atoms with Crippen LogP contribution in [0.2, 0.25) is 0 Å². The Morgan fingerprint density at radius 2 is 2.28 bits per heavy atom. The van der Waals surface area contributed by atoms with E-state index < -0.39 is 0 Å². The van der Waals surface area contributed by atoms with Crippen LogP contribution in [-0.2, 0) is 0 Å². The Morgan fingerprint density at radius 1 is 1.50 bits per heavy atom. The number of halogens is 1. The first-order valence-electron chi connectivity index (χ1n) is 6.79. The molecule has 100 valence electrons. The van der Waals surface area contributed by atoms with Crippen LogP contribution in [0.3, 0.4) is 0 Å². The van der Waals surface area contributed by atoms with Crippen molar-refractivity contribution in [3.8, 4) is 0 Å². The van der Waals surface area contributed by atoms with E-state index in [4.69, 9.17) is 0 Å². The highest BCUT2D eigenvalue weighted by Crippen LogP contribution is 2.25. The van der Waals surface area contributed by atoms with Crippen LogP contribution in [0.25, 0.3) is 0 Å². The largest absolute Gasteiger partial charge is 0.308 e. The van der Waals surface area contributed by atoms with Crippen LogP contribution in [0.5, 0.6) is 0 Å². The second-order valence-electron chi connectivity index (χ2n) is 4.94. The van der Waals surface area contributed by atoms with Crippen LogP contribution in [0.15, 0.2) is 18.3 Å². The van der Waals surface area contributed by atoms with Crippen LogP contribution in [0, 0.1) is 5.82 Å². The first-order chi connectivity index (χ1) is 8.70. The third-order valence-corrected chi connectivity index (χ3v) is 3.51. The molecule has 4 heteroatoms. The molecule has 1 heterocycles. The normalized spacial score (nSPS) is 17.1. The maximum atomic E-state index is 12.8. The van der Waals surface area contributed by atoms with Crippen LogP contribution >= 0.6 is 0 Å². The summed E-state index contributed by atoms with van der Waals surface area (Å²) in [6.45, 7) is 7.42. The summed E-state index contributed by atoms with van der Waals surface area (Å²) in [5.74, 6) is -0.281. The van der Waals surface area contributed by atoms with Gasteiger partial charge in [0.25, 0.3) is 0 Å². The molecule has 1 fully saturated rings. The number of hydrogen-bond acceptors (Lipinski definition) is 3. The van der Waals surface area contributed by atoms with E-state index in [-0.39, 0.29) is 11.9 Å². The second kappa shape index (κ2) is 6.25. The lowest BCUT2D eigenvalue weighted by atomic mass is 10.2. The first-order valence-corrected chi connectivity index (χ1v) is 6.79. The van der Waals surface area contributed by atoms with Crippen molar-refractivity contribution in [2.75, 3.05) is 19.6 Å². The van der Waals surface area contributed by atoms with E-state index in [1.165, 1.54) is 25.1 Å². The van der Waals surface area contributed by atoms with E-state index in [0.29, 0.717) is 0 Å². The molecular formula is C14H22FN3. The summed E-state index contributed by atoms with van der Waals surface area (Å²) in [5, 5.41) is 3.44. The summed E-state index contributed by atoms with van der Waals surface area (Å²) in [4.78, 5) is 6.60. The van der Waals surface area contributed by atoms with Crippen molar-refractivity contribution in [2.24, 2.45) is 0 Å². The van der Waals surface area contributed by atoms with Gasteiger partial charge in [-0.2, -0.15) is 0 Å². The predicted octanol–water partition coefficient (Wildman–Crippen LogP) is 2.36. The van der Waals surface area contributed by atoms with Crippen LogP contribution in [-0.4, -0.2) is 35.6 Å². The van der Waals surface area contributed by atoms with Crippen molar-refractivity contribution < 1.29 is 4.39 Å². The lowest BCUT2D eigenvalue weighted by molar-refractivity contribution is 0.273. The summed E-state index contributed by atoms with van der Waals surface area (Å²) in [7, 11) is 0. The van der Waals surface area contributed by atoms with E-state index in [9.17, 15) is 4.39 Å². The quantitative estimate of drug-likeness (QED) is 0.806. The van der Waals surface area contributed by atoms with Gasteiger partial charge >= 0.3 is 0 Å². The fraction of sp³-hybridized carbons (Fsp3) is 0.643. The van der Waals surface area contributed by atoms with Gasteiger partial charge in [0.05, 0.1) is 11.9 Å². The number of hydrogen-bond donors (Lipinski definition) is 1. The molecule has 0 bridgehead atoms. The SMILES string of the molecule is CCN(CCNC(C)c1ccc(F)cn1)C1CC1. The average Bonchev–Trinajstić information content (AvgIpc) is 3.19. The monoisotopic (exact) mass is 251 g/mol. The maximum absolute atomic E-state index is 12.8. The summed E-state index contributed by atoms with van der Waals surface area (Å²) in [6, 6.07) is 4.19. The highest BCUT2D eigenvalue weighted by molar-refractivity contribution is 5.08. The average molecular weight is 251 g/mol. The van der Waals surface area contributed by atoms with E-state index in [0.717, 1.165) is 31.4 Å². The zero-order valence-corrected chi connectivity index (χ0v) is 11.2. The molecule has 1 aromatic heterocycles. The standard InChI is InChI=1S/C14H22FN3/c1-3-18(13-5-6-13)9-8-16-11(2)14-7-4-12(15)10-17-14/h4,7,10-11,13,16H,3,5-6,8-9H2,1-2H3. The van der Waals surface area contributed by atoms with Gasteiger partial charge in [0, 0.05) is 25.2 Å². The predicted molar refractivity (Wildman–Crippen MR) is 70.9 cm³/mol. The van der Waals surface area contributed by atoms with E-state index in [2.05, 4.69) is 29.0 Å². The van der Waals surface area contributed by atoms with Gasteiger partial charge in [-0.15, -0.1) is 0 Å². The number of nitrogens with one attached hydrogen (secondary N) is 1. The molecule has 2 rings (SSSR count). The van der Waals surface area contributed by atoms with Gasteiger partial charge in [0.1, 0.15) is 5.82 Å². The fourth-order valence-electron chi connectivity index (χ4n) is 2.21. The van der Waals surface area contributed by atoms with Crippen molar-refractivity contribution in [1.82, 2.24) is 15.2 Å². The molecule has 1 N–H and O–H groups in total. The Bertz CT molecular complexity index is 362. The molecule has 0 amide bonds. The summed E-state index contributed by atoms with van der Waals surface area (Å²) >= 11 is 0. The molecule has 1 aliphatic rings. The molecule has 1 unspecified atom stereocenters. The molecule has 0 radical (unpaired) electrons. The van der Waals surface area contributed by atoms with Crippen molar-refractivity contribution in [3.63, 3.8) is 0 Å². The van der Waals surface area contributed by atoms with Crippen LogP contribution in [0.1, 0.15) is 38.4 Å². The lowest BCUT2D eigenvalue weighted by Gasteiger charge is -2.21. The molecule has 3 nitrogen and oxygen atoms in total. The Labute approximate surface area is 108 Å². The van der Waals surface area contributed by atoms with E-state index >= 15 is 0 Å². The number of likely N-dealkylation sites (N-methyl/N-ethyl adjacent to an activating group) is 1. The van der Waals surface area contributed by atoms with E-state index in [1.54, 1.807) is 6.07 Å². The number of rotatable bonds is 7. The first kappa shape index (κ1) is 13.4. The Morgan fingerprint density at radius 3 is 2.83 bits per heavy atom. The highest BCUT2D eigenvalue weighted by Gasteiger charge is 2.27. The molecule has 1 aromatic rings. The van der Waals surface area contributed by atoms with Crippen LogP contribution in [0.4, 0.5) is 4.39 Å². The molecular weight excluding hydrogens is 229 g/mol. The summed E-state index contributed by atoms with van der Waals surface area (Å²) in [5.41, 5.74) is 0.894. The molecule has 0 spiro atoms. The Hall–Kier alpha value is -1.00. The zero-order chi connectivity index (χ0) is 13.0. The third kappa shape index (κ3) is 3.75. The smallest absolute Gasteiger partial charge is 0.141 e. The molecule has 18 heavy (non-hydrogen) atoms. The lowest BCUT2D eigenvalue weighted by Crippen LogP contribution is -2.34. The van der Waals surface area contributed by atoms with Crippen molar-refractivity contribution >= 4 is 0 Å². The minimum Gasteiger partial charge on any atom is -0.308 e. The highest BCUT2D eigenvalue weighted by atomic mass is 19.1. The van der Waals surface area contributed by atoms with Crippen molar-refractivity contribution in [2.45, 2.75) is 38.8 Å². The molecule has 1 saturated carbocycles. The molecule has 1 atom stereocenters. The van der Waals surface area contributed by atoms with Gasteiger partial charge in [-0.25, -0.2) is 4.39 Å². The Kier molecular flexibility index (Phi) is 4.66. The van der Waals surface area contributed by atoms with Crippen molar-refractivity contribution in [3.05, 3.63) is 29.8 Å². The third-order valence-electron chi connectivity index (χ3n) is 3.51. The van der Waals surface area contributed by atoms with Crippen LogP contribution < -0.4 is 5.32 Å². The van der Waals surface area contributed by atoms with Gasteiger partial charge in [-0.1, -0.05) is 6.92 Å². The summed E-state index contributed by atoms with van der Waals surface area (Å²) < 4.78 is 12.8. The van der Waals surface area contributed by atoms with Gasteiger partial charge in [0.15, 0.2) is 0 Å². The topological polar surface area (TPSA) is 28.2 Å². The summed E-state index contributed by atoms with van der Waals surface area (Å²) in [6.07, 6.45) is 3.97. The zero-order valence-electron chi connectivity index (χ0n) is 11.2. The van der Waals surface area contributed by atoms with E-state index in [1.807, 2.05) is 0 Å². The van der Waals surface area contributed by atoms with Crippen molar-refractivity contribution in [1.29, 1.82) is 0 Å². The minimum absolute atomic E-state index is 0.170. The Balaban J connectivity index is 1.73. The fourth-order valence-corrected chi connectivity index (χ4v) is 2.21. The van der Waals surface area contributed by atoms with Gasteiger partial charge in [0.2, 0.25) is 0 Å². The number of aromatic nitrogens is 1. The minimum atomic E-state index is -0.281. The van der Waals surface area contributed by atoms with Gasteiger partial charge in [-0.05, 0) is 38.4 Å². The molecule has 0 aliphatic heterocycles. The molecule has 0 saturated heterocycles. The molecule has 0 aromatic carbocycles.